The van der Waals surface area contributed by atoms with E-state index in [-0.39, 0.29) is 24.0 Å². The van der Waals surface area contributed by atoms with Crippen molar-refractivity contribution in [1.29, 1.82) is 0 Å². The quantitative estimate of drug-likeness (QED) is 0.696. The highest BCUT2D eigenvalue weighted by Gasteiger charge is 2.18. The summed E-state index contributed by atoms with van der Waals surface area (Å²) in [6.07, 6.45) is 0. The summed E-state index contributed by atoms with van der Waals surface area (Å²) in [6, 6.07) is 13.2. The number of amides is 1. The first kappa shape index (κ1) is 20.4. The molecular weight excluding hydrogens is 376 g/mol. The van der Waals surface area contributed by atoms with Gasteiger partial charge in [0.05, 0.1) is 11.5 Å². The minimum Gasteiger partial charge on any atom is -0.383 e. The molecule has 26 heavy (non-hydrogen) atoms. The molecule has 0 saturated carbocycles. The predicted octanol–water partition coefficient (Wildman–Crippen LogP) is 2.54. The number of hydrogen-bond donors (Lipinski definition) is 1. The summed E-state index contributed by atoms with van der Waals surface area (Å²) >= 11 is 5.96. The zero-order chi connectivity index (χ0) is 19.2. The van der Waals surface area contributed by atoms with E-state index in [0.717, 1.165) is 5.56 Å². The van der Waals surface area contributed by atoms with Crippen LogP contribution in [0.2, 0.25) is 5.02 Å². The van der Waals surface area contributed by atoms with Crippen LogP contribution in [0, 0.1) is 0 Å². The van der Waals surface area contributed by atoms with Crippen molar-refractivity contribution in [3.63, 3.8) is 0 Å². The maximum absolute atomic E-state index is 12.6. The molecule has 0 aliphatic rings. The van der Waals surface area contributed by atoms with E-state index in [1.807, 2.05) is 12.1 Å². The molecule has 0 aliphatic heterocycles. The maximum Gasteiger partial charge on any atom is 0.253 e. The fraction of sp³-hybridized carbons (Fsp3) is 0.278. The number of rotatable bonds is 8. The normalized spacial score (nSPS) is 11.3. The first-order valence-corrected chi connectivity index (χ1v) is 9.78. The van der Waals surface area contributed by atoms with Gasteiger partial charge in [0.25, 0.3) is 5.91 Å². The Morgan fingerprint density at radius 1 is 1.19 bits per heavy atom. The summed E-state index contributed by atoms with van der Waals surface area (Å²) in [5, 5.41) is 0.596. The van der Waals surface area contributed by atoms with Gasteiger partial charge in [-0.1, -0.05) is 29.8 Å². The molecule has 2 rings (SSSR count). The lowest BCUT2D eigenvalue weighted by atomic mass is 10.1. The number of ether oxygens (including phenoxy) is 1. The number of sulfonamides is 1. The number of nitrogens with one attached hydrogen (secondary N) is 1. The van der Waals surface area contributed by atoms with E-state index in [9.17, 15) is 13.2 Å². The van der Waals surface area contributed by atoms with Crippen molar-refractivity contribution in [3.05, 3.63) is 64.7 Å². The number of nitrogens with zero attached hydrogens (tertiary/aromatic N) is 1. The molecule has 0 fully saturated rings. The summed E-state index contributed by atoms with van der Waals surface area (Å²) in [5.41, 5.74) is 1.18. The first-order chi connectivity index (χ1) is 12.3. The van der Waals surface area contributed by atoms with Crippen LogP contribution in [0.25, 0.3) is 0 Å². The molecule has 0 spiro atoms. The van der Waals surface area contributed by atoms with Crippen molar-refractivity contribution in [2.24, 2.45) is 0 Å². The lowest BCUT2D eigenvalue weighted by Gasteiger charge is -2.18. The standard InChI is InChI=1S/C18H21ClN2O4S/c1-21(13-14-5-3-7-16(19)11-14)18(22)15-6-4-8-17(12-15)26(23,24)20-9-10-25-2/h3-8,11-12,20H,9-10,13H2,1-2H3. The molecule has 140 valence electrons. The molecule has 0 atom stereocenters. The highest BCUT2D eigenvalue weighted by atomic mass is 35.5. The second-order valence-corrected chi connectivity index (χ2v) is 7.91. The molecule has 0 unspecified atom stereocenters. The van der Waals surface area contributed by atoms with Crippen molar-refractivity contribution in [1.82, 2.24) is 9.62 Å². The molecular formula is C18H21ClN2O4S. The minimum absolute atomic E-state index is 0.0376. The molecule has 1 N–H and O–H groups in total. The third-order valence-corrected chi connectivity index (χ3v) is 5.34. The topological polar surface area (TPSA) is 75.7 Å². The Balaban J connectivity index is 2.14. The van der Waals surface area contributed by atoms with Gasteiger partial charge in [0, 0.05) is 37.8 Å². The van der Waals surface area contributed by atoms with Crippen LogP contribution in [-0.4, -0.2) is 46.5 Å². The van der Waals surface area contributed by atoms with Gasteiger partial charge in [-0.3, -0.25) is 4.79 Å². The zero-order valence-corrected chi connectivity index (χ0v) is 16.2. The summed E-state index contributed by atoms with van der Waals surface area (Å²) in [6.45, 7) is 0.786. The van der Waals surface area contributed by atoms with Crippen molar-refractivity contribution in [3.8, 4) is 0 Å². The lowest BCUT2D eigenvalue weighted by Crippen LogP contribution is -2.28. The van der Waals surface area contributed by atoms with Crippen LogP contribution in [0.4, 0.5) is 0 Å². The highest BCUT2D eigenvalue weighted by molar-refractivity contribution is 7.89. The molecule has 0 aromatic heterocycles. The van der Waals surface area contributed by atoms with E-state index < -0.39 is 10.0 Å². The second-order valence-electron chi connectivity index (χ2n) is 5.71. The Morgan fingerprint density at radius 3 is 2.62 bits per heavy atom. The molecule has 0 heterocycles. The SMILES string of the molecule is COCCNS(=O)(=O)c1cccc(C(=O)N(C)Cc2cccc(Cl)c2)c1. The minimum atomic E-state index is -3.70. The van der Waals surface area contributed by atoms with Gasteiger partial charge in [-0.05, 0) is 35.9 Å². The number of benzene rings is 2. The van der Waals surface area contributed by atoms with E-state index >= 15 is 0 Å². The molecule has 6 nitrogen and oxygen atoms in total. The third-order valence-electron chi connectivity index (χ3n) is 3.65. The molecule has 1 amide bonds. The average Bonchev–Trinajstić information content (AvgIpc) is 2.61. The van der Waals surface area contributed by atoms with Gasteiger partial charge in [0.15, 0.2) is 0 Å². The summed E-state index contributed by atoms with van der Waals surface area (Å²) in [4.78, 5) is 14.2. The van der Waals surface area contributed by atoms with Gasteiger partial charge >= 0.3 is 0 Å². The number of carbonyl (C=O) groups excluding carboxylic acids is 1. The second kappa shape index (κ2) is 9.14. The number of hydrogen-bond acceptors (Lipinski definition) is 4. The zero-order valence-electron chi connectivity index (χ0n) is 14.6. The molecule has 0 radical (unpaired) electrons. The summed E-state index contributed by atoms with van der Waals surface area (Å²) in [5.74, 6) is -0.279. The van der Waals surface area contributed by atoms with E-state index in [4.69, 9.17) is 16.3 Å². The Kier molecular flexibility index (Phi) is 7.16. The largest absolute Gasteiger partial charge is 0.383 e. The van der Waals surface area contributed by atoms with Crippen LogP contribution >= 0.6 is 11.6 Å². The highest BCUT2D eigenvalue weighted by Crippen LogP contribution is 2.16. The number of methoxy groups -OCH3 is 1. The van der Waals surface area contributed by atoms with Crippen LogP contribution in [0.5, 0.6) is 0 Å². The first-order valence-electron chi connectivity index (χ1n) is 7.92. The van der Waals surface area contributed by atoms with Crippen molar-refractivity contribution in [2.45, 2.75) is 11.4 Å². The number of carbonyl (C=O) groups is 1. The van der Waals surface area contributed by atoms with Gasteiger partial charge in [0.2, 0.25) is 10.0 Å². The van der Waals surface area contributed by atoms with Crippen LogP contribution in [-0.2, 0) is 21.3 Å². The van der Waals surface area contributed by atoms with Crippen LogP contribution in [0.15, 0.2) is 53.4 Å². The molecule has 0 saturated heterocycles. The van der Waals surface area contributed by atoms with E-state index in [1.54, 1.807) is 31.3 Å². The van der Waals surface area contributed by atoms with Gasteiger partial charge in [0.1, 0.15) is 0 Å². The fourth-order valence-corrected chi connectivity index (χ4v) is 3.63. The third kappa shape index (κ3) is 5.54. The van der Waals surface area contributed by atoms with E-state index in [0.29, 0.717) is 17.1 Å². The predicted molar refractivity (Wildman–Crippen MR) is 101 cm³/mol. The van der Waals surface area contributed by atoms with Crippen LogP contribution in [0.3, 0.4) is 0 Å². The molecule has 2 aromatic rings. The fourth-order valence-electron chi connectivity index (χ4n) is 2.36. The van der Waals surface area contributed by atoms with Gasteiger partial charge in [-0.15, -0.1) is 0 Å². The Labute approximate surface area is 158 Å². The lowest BCUT2D eigenvalue weighted by molar-refractivity contribution is 0.0785. The van der Waals surface area contributed by atoms with E-state index in [2.05, 4.69) is 4.72 Å². The van der Waals surface area contributed by atoms with Gasteiger partial charge < -0.3 is 9.64 Å². The molecule has 2 aromatic carbocycles. The molecule has 8 heteroatoms. The van der Waals surface area contributed by atoms with Crippen LogP contribution in [0.1, 0.15) is 15.9 Å². The van der Waals surface area contributed by atoms with E-state index in [1.165, 1.54) is 24.1 Å². The molecule has 0 bridgehead atoms. The van der Waals surface area contributed by atoms with Crippen molar-refractivity contribution >= 4 is 27.5 Å². The Morgan fingerprint density at radius 2 is 1.92 bits per heavy atom. The monoisotopic (exact) mass is 396 g/mol. The van der Waals surface area contributed by atoms with Gasteiger partial charge in [-0.25, -0.2) is 13.1 Å². The smallest absolute Gasteiger partial charge is 0.253 e. The average molecular weight is 397 g/mol. The Hall–Kier alpha value is -1.93. The Bertz CT molecular complexity index is 871. The number of halogens is 1. The summed E-state index contributed by atoms with van der Waals surface area (Å²) in [7, 11) is -0.553. The van der Waals surface area contributed by atoms with Gasteiger partial charge in [-0.2, -0.15) is 0 Å². The summed E-state index contributed by atoms with van der Waals surface area (Å²) < 4.78 is 31.8. The van der Waals surface area contributed by atoms with Crippen molar-refractivity contribution in [2.75, 3.05) is 27.3 Å². The maximum atomic E-state index is 12.6. The molecule has 0 aliphatic carbocycles. The van der Waals surface area contributed by atoms with Crippen LogP contribution < -0.4 is 4.72 Å². The van der Waals surface area contributed by atoms with Crippen molar-refractivity contribution < 1.29 is 17.9 Å².